The molecule has 2 aromatic heterocycles. The Morgan fingerprint density at radius 3 is 2.59 bits per heavy atom. The van der Waals surface area contributed by atoms with E-state index >= 15 is 0 Å². The summed E-state index contributed by atoms with van der Waals surface area (Å²) in [5, 5.41) is 10.5. The number of halogens is 1. The second-order valence-electron chi connectivity index (χ2n) is 7.29. The van der Waals surface area contributed by atoms with Gasteiger partial charge < -0.3 is 14.7 Å². The van der Waals surface area contributed by atoms with Gasteiger partial charge in [-0.3, -0.25) is 0 Å². The molecule has 8 heteroatoms. The fourth-order valence-electron chi connectivity index (χ4n) is 3.72. The summed E-state index contributed by atoms with van der Waals surface area (Å²) in [6.07, 6.45) is 5.26. The van der Waals surface area contributed by atoms with Crippen LogP contribution in [0.25, 0.3) is 10.2 Å². The molecule has 1 fully saturated rings. The second kappa shape index (κ2) is 8.16. The van der Waals surface area contributed by atoms with Gasteiger partial charge in [0.25, 0.3) is 0 Å². The van der Waals surface area contributed by atoms with Crippen molar-refractivity contribution in [2.24, 2.45) is 0 Å². The number of phenols is 1. The first-order chi connectivity index (χ1) is 13.9. The molecule has 4 rings (SSSR count). The Bertz CT molecular complexity index is 1050. The molecule has 3 aromatic rings. The molecule has 0 atom stereocenters. The van der Waals surface area contributed by atoms with E-state index in [1.54, 1.807) is 24.3 Å². The van der Waals surface area contributed by atoms with Crippen molar-refractivity contribution in [3.63, 3.8) is 0 Å². The van der Waals surface area contributed by atoms with E-state index in [1.807, 2.05) is 18.9 Å². The zero-order chi connectivity index (χ0) is 20.5. The zero-order valence-corrected chi connectivity index (χ0v) is 17.9. The van der Waals surface area contributed by atoms with Gasteiger partial charge in [0, 0.05) is 12.7 Å². The summed E-state index contributed by atoms with van der Waals surface area (Å²) in [7, 11) is 1.86. The highest BCUT2D eigenvalue weighted by Gasteiger charge is 2.26. The molecule has 1 aliphatic rings. The van der Waals surface area contributed by atoms with Crippen molar-refractivity contribution in [1.29, 1.82) is 0 Å². The van der Waals surface area contributed by atoms with Crippen molar-refractivity contribution < 1.29 is 14.6 Å². The largest absolute Gasteiger partial charge is 0.508 e. The number of fused-ring (bicyclic) bond motifs is 1. The van der Waals surface area contributed by atoms with Gasteiger partial charge in [-0.05, 0) is 74.0 Å². The third-order valence-corrected chi connectivity index (χ3v) is 6.64. The van der Waals surface area contributed by atoms with Gasteiger partial charge in [-0.1, -0.05) is 6.42 Å². The third kappa shape index (κ3) is 4.02. The van der Waals surface area contributed by atoms with Gasteiger partial charge in [-0.15, -0.1) is 11.3 Å². The number of hydrogen-bond donors (Lipinski definition) is 1. The van der Waals surface area contributed by atoms with Crippen LogP contribution in [0, 0.1) is 6.92 Å². The van der Waals surface area contributed by atoms with Gasteiger partial charge in [-0.2, -0.15) is 4.98 Å². The van der Waals surface area contributed by atoms with Crippen molar-refractivity contribution in [2.45, 2.75) is 45.1 Å². The standard InChI is InChI=1S/C21H22ClN3O3S/c1-12-16-18(25(2)13-8-10-14(26)11-9-13)23-21(22)24-19(16)29-17(12)20(27)28-15-6-4-3-5-7-15/h8-11,15,26H,3-7H2,1-2H3. The number of nitrogens with zero attached hydrogens (tertiary/aromatic N) is 3. The predicted molar refractivity (Wildman–Crippen MR) is 116 cm³/mol. The number of anilines is 2. The number of benzene rings is 1. The number of aromatic hydroxyl groups is 1. The van der Waals surface area contributed by atoms with Gasteiger partial charge in [0.2, 0.25) is 5.28 Å². The van der Waals surface area contributed by atoms with Crippen molar-refractivity contribution in [3.05, 3.63) is 40.0 Å². The van der Waals surface area contributed by atoms with Crippen LogP contribution in [0.4, 0.5) is 11.5 Å². The van der Waals surface area contributed by atoms with Crippen molar-refractivity contribution in [1.82, 2.24) is 9.97 Å². The maximum atomic E-state index is 12.8. The van der Waals surface area contributed by atoms with Crippen LogP contribution in [0.3, 0.4) is 0 Å². The molecule has 0 radical (unpaired) electrons. The highest BCUT2D eigenvalue weighted by molar-refractivity contribution is 7.20. The monoisotopic (exact) mass is 431 g/mol. The van der Waals surface area contributed by atoms with Crippen LogP contribution >= 0.6 is 22.9 Å². The summed E-state index contributed by atoms with van der Waals surface area (Å²) in [6.45, 7) is 1.89. The lowest BCUT2D eigenvalue weighted by Gasteiger charge is -2.21. The smallest absolute Gasteiger partial charge is 0.348 e. The van der Waals surface area contributed by atoms with E-state index in [4.69, 9.17) is 16.3 Å². The average Bonchev–Trinajstić information content (AvgIpc) is 3.04. The van der Waals surface area contributed by atoms with Crippen molar-refractivity contribution >= 4 is 50.6 Å². The first kappa shape index (κ1) is 19.9. The quantitative estimate of drug-likeness (QED) is 0.427. The predicted octanol–water partition coefficient (Wildman–Crippen LogP) is 5.62. The number of carbonyl (C=O) groups excluding carboxylic acids is 1. The molecule has 1 aromatic carbocycles. The molecule has 0 unspecified atom stereocenters. The first-order valence-electron chi connectivity index (χ1n) is 9.64. The molecule has 0 amide bonds. The lowest BCUT2D eigenvalue weighted by molar-refractivity contribution is 0.0216. The Labute approximate surface area is 178 Å². The molecule has 152 valence electrons. The summed E-state index contributed by atoms with van der Waals surface area (Å²) in [5.41, 5.74) is 1.62. The second-order valence-corrected chi connectivity index (χ2v) is 8.63. The van der Waals surface area contributed by atoms with E-state index in [9.17, 15) is 9.90 Å². The number of aryl methyl sites for hydroxylation is 1. The Morgan fingerprint density at radius 2 is 1.90 bits per heavy atom. The third-order valence-electron chi connectivity index (χ3n) is 5.31. The SMILES string of the molecule is Cc1c(C(=O)OC2CCCCC2)sc2nc(Cl)nc(N(C)c3ccc(O)cc3)c12. The summed E-state index contributed by atoms with van der Waals surface area (Å²) in [6, 6.07) is 6.80. The minimum atomic E-state index is -0.299. The minimum Gasteiger partial charge on any atom is -0.508 e. The van der Waals surface area contributed by atoms with Crippen LogP contribution in [-0.4, -0.2) is 34.2 Å². The lowest BCUT2D eigenvalue weighted by Crippen LogP contribution is -2.20. The summed E-state index contributed by atoms with van der Waals surface area (Å²) in [4.78, 5) is 24.7. The van der Waals surface area contributed by atoms with E-state index in [2.05, 4.69) is 9.97 Å². The maximum absolute atomic E-state index is 12.8. The maximum Gasteiger partial charge on any atom is 0.348 e. The number of aromatic nitrogens is 2. The molecule has 1 saturated carbocycles. The summed E-state index contributed by atoms with van der Waals surface area (Å²) < 4.78 is 5.77. The molecule has 0 spiro atoms. The topological polar surface area (TPSA) is 75.5 Å². The fourth-order valence-corrected chi connectivity index (χ4v) is 4.99. The molecule has 1 aliphatic carbocycles. The van der Waals surface area contributed by atoms with Crippen LogP contribution in [0.2, 0.25) is 5.28 Å². The van der Waals surface area contributed by atoms with Crippen LogP contribution in [0.1, 0.15) is 47.3 Å². The Morgan fingerprint density at radius 1 is 1.21 bits per heavy atom. The molecule has 2 heterocycles. The van der Waals surface area contributed by atoms with Gasteiger partial charge in [-0.25, -0.2) is 9.78 Å². The Hall–Kier alpha value is -2.38. The summed E-state index contributed by atoms with van der Waals surface area (Å²) >= 11 is 7.47. The van der Waals surface area contributed by atoms with E-state index in [0.29, 0.717) is 15.5 Å². The highest BCUT2D eigenvalue weighted by Crippen LogP contribution is 2.39. The first-order valence-corrected chi connectivity index (χ1v) is 10.8. The van der Waals surface area contributed by atoms with Crippen molar-refractivity contribution in [2.75, 3.05) is 11.9 Å². The Balaban J connectivity index is 1.72. The molecule has 0 bridgehead atoms. The molecule has 0 saturated heterocycles. The van der Waals surface area contributed by atoms with Crippen molar-refractivity contribution in [3.8, 4) is 5.75 Å². The molecule has 6 nitrogen and oxygen atoms in total. The molecular formula is C21H22ClN3O3S. The number of thiophene rings is 1. The van der Waals surface area contributed by atoms with E-state index in [0.717, 1.165) is 42.3 Å². The van der Waals surface area contributed by atoms with Crippen LogP contribution in [-0.2, 0) is 4.74 Å². The molecule has 0 aliphatic heterocycles. The van der Waals surface area contributed by atoms with E-state index in [-0.39, 0.29) is 23.1 Å². The van der Waals surface area contributed by atoms with Gasteiger partial charge in [0.1, 0.15) is 27.4 Å². The number of rotatable bonds is 4. The lowest BCUT2D eigenvalue weighted by atomic mass is 9.98. The highest BCUT2D eigenvalue weighted by atomic mass is 35.5. The van der Waals surface area contributed by atoms with E-state index in [1.165, 1.54) is 17.8 Å². The molecule has 29 heavy (non-hydrogen) atoms. The number of carbonyl (C=O) groups is 1. The normalized spacial score (nSPS) is 14.9. The molecular weight excluding hydrogens is 410 g/mol. The van der Waals surface area contributed by atoms with Gasteiger partial charge in [0.05, 0.1) is 5.39 Å². The number of ether oxygens (including phenoxy) is 1. The zero-order valence-electron chi connectivity index (χ0n) is 16.3. The summed E-state index contributed by atoms with van der Waals surface area (Å²) in [5.74, 6) is 0.496. The Kier molecular flexibility index (Phi) is 5.61. The number of esters is 1. The van der Waals surface area contributed by atoms with Gasteiger partial charge in [0.15, 0.2) is 0 Å². The van der Waals surface area contributed by atoms with Gasteiger partial charge >= 0.3 is 5.97 Å². The van der Waals surface area contributed by atoms with E-state index < -0.39 is 0 Å². The van der Waals surface area contributed by atoms with Crippen LogP contribution in [0.15, 0.2) is 24.3 Å². The van der Waals surface area contributed by atoms with Crippen LogP contribution in [0.5, 0.6) is 5.75 Å². The van der Waals surface area contributed by atoms with Crippen LogP contribution < -0.4 is 4.90 Å². The number of phenolic OH excluding ortho intramolecular Hbond substituents is 1. The average molecular weight is 432 g/mol. The number of hydrogen-bond acceptors (Lipinski definition) is 7. The molecule has 1 N–H and O–H groups in total. The minimum absolute atomic E-state index is 0.00493. The fraction of sp³-hybridized carbons (Fsp3) is 0.381.